The van der Waals surface area contributed by atoms with E-state index in [-0.39, 0.29) is 0 Å². The number of benzene rings is 2. The zero-order valence-electron chi connectivity index (χ0n) is 12.2. The lowest BCUT2D eigenvalue weighted by Gasteiger charge is -2.13. The second kappa shape index (κ2) is 5.84. The third-order valence-corrected chi connectivity index (χ3v) is 4.73. The van der Waals surface area contributed by atoms with Gasteiger partial charge in [-0.25, -0.2) is 0 Å². The Kier molecular flexibility index (Phi) is 3.91. The first-order chi connectivity index (χ1) is 10.1. The maximum Gasteiger partial charge on any atom is 0.113 e. The summed E-state index contributed by atoms with van der Waals surface area (Å²) in [5.41, 5.74) is 4.57. The summed E-state index contributed by atoms with van der Waals surface area (Å²) in [4.78, 5) is 2.22. The molecule has 0 spiro atoms. The Morgan fingerprint density at radius 3 is 2.29 bits per heavy atom. The summed E-state index contributed by atoms with van der Waals surface area (Å²) in [6.45, 7) is 4.16. The molecule has 1 heterocycles. The standard InChI is InChI=1S/C19H18OS/c1-13-12-16(19(20)18-11-8-14(2)21-18)9-10-17(13)15-6-4-3-5-7-15/h3-12,19-20H,1-2H3. The fourth-order valence-corrected chi connectivity index (χ4v) is 3.45. The average Bonchev–Trinajstić information content (AvgIpc) is 2.94. The largest absolute Gasteiger partial charge is 0.383 e. The van der Waals surface area contributed by atoms with Crippen molar-refractivity contribution in [3.8, 4) is 11.1 Å². The molecule has 0 bridgehead atoms. The van der Waals surface area contributed by atoms with Gasteiger partial charge in [0.2, 0.25) is 0 Å². The molecule has 0 amide bonds. The Morgan fingerprint density at radius 2 is 1.67 bits per heavy atom. The van der Waals surface area contributed by atoms with Crippen molar-refractivity contribution < 1.29 is 5.11 Å². The first kappa shape index (κ1) is 14.1. The van der Waals surface area contributed by atoms with Crippen LogP contribution in [0, 0.1) is 13.8 Å². The molecule has 0 radical (unpaired) electrons. The maximum atomic E-state index is 10.5. The van der Waals surface area contributed by atoms with Gasteiger partial charge in [0, 0.05) is 9.75 Å². The van der Waals surface area contributed by atoms with Gasteiger partial charge in [0.15, 0.2) is 0 Å². The van der Waals surface area contributed by atoms with E-state index in [0.29, 0.717) is 0 Å². The molecule has 106 valence electrons. The first-order valence-corrected chi connectivity index (χ1v) is 7.87. The highest BCUT2D eigenvalue weighted by Gasteiger charge is 2.13. The molecule has 1 aromatic heterocycles. The second-order valence-electron chi connectivity index (χ2n) is 5.29. The number of aryl methyl sites for hydroxylation is 2. The summed E-state index contributed by atoms with van der Waals surface area (Å²) in [6, 6.07) is 20.6. The lowest BCUT2D eigenvalue weighted by Crippen LogP contribution is -1.98. The third kappa shape index (κ3) is 2.92. The molecular weight excluding hydrogens is 276 g/mol. The smallest absolute Gasteiger partial charge is 0.113 e. The zero-order valence-corrected chi connectivity index (χ0v) is 13.0. The molecule has 2 aromatic carbocycles. The van der Waals surface area contributed by atoms with E-state index in [1.165, 1.54) is 21.6 Å². The number of rotatable bonds is 3. The zero-order chi connectivity index (χ0) is 14.8. The molecule has 0 aliphatic rings. The highest BCUT2D eigenvalue weighted by molar-refractivity contribution is 7.12. The topological polar surface area (TPSA) is 20.2 Å². The number of thiophene rings is 1. The quantitative estimate of drug-likeness (QED) is 0.711. The summed E-state index contributed by atoms with van der Waals surface area (Å²) >= 11 is 1.65. The molecule has 3 aromatic rings. The minimum absolute atomic E-state index is 0.535. The molecule has 0 saturated carbocycles. The van der Waals surface area contributed by atoms with Gasteiger partial charge in [0.1, 0.15) is 6.10 Å². The molecule has 0 aliphatic carbocycles. The van der Waals surface area contributed by atoms with Crippen LogP contribution >= 0.6 is 11.3 Å². The van der Waals surface area contributed by atoms with E-state index in [1.54, 1.807) is 11.3 Å². The van der Waals surface area contributed by atoms with Crippen molar-refractivity contribution in [2.75, 3.05) is 0 Å². The molecule has 0 saturated heterocycles. The van der Waals surface area contributed by atoms with Crippen molar-refractivity contribution in [2.24, 2.45) is 0 Å². The highest BCUT2D eigenvalue weighted by Crippen LogP contribution is 2.31. The van der Waals surface area contributed by atoms with Crippen molar-refractivity contribution in [2.45, 2.75) is 20.0 Å². The van der Waals surface area contributed by atoms with Gasteiger partial charge in [-0.3, -0.25) is 0 Å². The number of aliphatic hydroxyl groups excluding tert-OH is 1. The lowest BCUT2D eigenvalue weighted by atomic mass is 9.96. The number of hydrogen-bond acceptors (Lipinski definition) is 2. The van der Waals surface area contributed by atoms with E-state index in [1.807, 2.05) is 30.3 Å². The summed E-state index contributed by atoms with van der Waals surface area (Å²) in [6.07, 6.45) is -0.535. The molecule has 21 heavy (non-hydrogen) atoms. The van der Waals surface area contributed by atoms with Gasteiger partial charge in [-0.2, -0.15) is 0 Å². The predicted molar refractivity (Wildman–Crippen MR) is 89.7 cm³/mol. The predicted octanol–water partition coefficient (Wildman–Crippen LogP) is 5.11. The van der Waals surface area contributed by atoms with Crippen molar-refractivity contribution in [3.05, 3.63) is 81.5 Å². The normalized spacial score (nSPS) is 12.3. The summed E-state index contributed by atoms with van der Waals surface area (Å²) < 4.78 is 0. The molecule has 3 rings (SSSR count). The number of aliphatic hydroxyl groups is 1. The van der Waals surface area contributed by atoms with Crippen LogP contribution in [0.2, 0.25) is 0 Å². The molecule has 0 aliphatic heterocycles. The minimum atomic E-state index is -0.535. The van der Waals surface area contributed by atoms with Crippen LogP contribution < -0.4 is 0 Å². The average molecular weight is 294 g/mol. The van der Waals surface area contributed by atoms with Gasteiger partial charge in [0.25, 0.3) is 0 Å². The van der Waals surface area contributed by atoms with Crippen molar-refractivity contribution >= 4 is 11.3 Å². The van der Waals surface area contributed by atoms with Crippen LogP contribution in [0.25, 0.3) is 11.1 Å². The molecule has 1 N–H and O–H groups in total. The van der Waals surface area contributed by atoms with Gasteiger partial charge in [-0.1, -0.05) is 48.5 Å². The molecule has 0 fully saturated rings. The summed E-state index contributed by atoms with van der Waals surface area (Å²) in [5, 5.41) is 10.5. The molecule has 1 atom stereocenters. The highest BCUT2D eigenvalue weighted by atomic mass is 32.1. The van der Waals surface area contributed by atoms with Crippen LogP contribution in [-0.4, -0.2) is 5.11 Å². The fourth-order valence-electron chi connectivity index (χ4n) is 2.56. The Bertz CT molecular complexity index is 743. The van der Waals surface area contributed by atoms with Crippen LogP contribution in [-0.2, 0) is 0 Å². The van der Waals surface area contributed by atoms with Crippen LogP contribution in [0.3, 0.4) is 0 Å². The molecule has 2 heteroatoms. The first-order valence-electron chi connectivity index (χ1n) is 7.05. The monoisotopic (exact) mass is 294 g/mol. The van der Waals surface area contributed by atoms with Crippen LogP contribution in [0.5, 0.6) is 0 Å². The van der Waals surface area contributed by atoms with Gasteiger partial charge in [-0.05, 0) is 48.2 Å². The van der Waals surface area contributed by atoms with E-state index >= 15 is 0 Å². The Balaban J connectivity index is 1.94. The Hall–Kier alpha value is -1.90. The van der Waals surface area contributed by atoms with E-state index in [9.17, 15) is 5.11 Å². The van der Waals surface area contributed by atoms with E-state index in [2.05, 4.69) is 44.2 Å². The number of hydrogen-bond donors (Lipinski definition) is 1. The maximum absolute atomic E-state index is 10.5. The van der Waals surface area contributed by atoms with Crippen LogP contribution in [0.15, 0.2) is 60.7 Å². The Labute approximate surface area is 129 Å². The van der Waals surface area contributed by atoms with Gasteiger partial charge >= 0.3 is 0 Å². The van der Waals surface area contributed by atoms with E-state index in [4.69, 9.17) is 0 Å². The SMILES string of the molecule is Cc1ccc(C(O)c2ccc(-c3ccccc3)c(C)c2)s1. The third-order valence-electron chi connectivity index (χ3n) is 3.68. The van der Waals surface area contributed by atoms with Crippen molar-refractivity contribution in [1.29, 1.82) is 0 Å². The Morgan fingerprint density at radius 1 is 0.905 bits per heavy atom. The molecule has 1 unspecified atom stereocenters. The van der Waals surface area contributed by atoms with Gasteiger partial charge in [-0.15, -0.1) is 11.3 Å². The second-order valence-corrected chi connectivity index (χ2v) is 6.61. The van der Waals surface area contributed by atoms with E-state index in [0.717, 1.165) is 10.4 Å². The minimum Gasteiger partial charge on any atom is -0.383 e. The van der Waals surface area contributed by atoms with Crippen LogP contribution in [0.4, 0.5) is 0 Å². The summed E-state index contributed by atoms with van der Waals surface area (Å²) in [5.74, 6) is 0. The lowest BCUT2D eigenvalue weighted by molar-refractivity contribution is 0.224. The fraction of sp³-hybridized carbons (Fsp3) is 0.158. The molecule has 1 nitrogen and oxygen atoms in total. The van der Waals surface area contributed by atoms with Gasteiger partial charge < -0.3 is 5.11 Å². The molecular formula is C19H18OS. The van der Waals surface area contributed by atoms with Gasteiger partial charge in [0.05, 0.1) is 0 Å². The van der Waals surface area contributed by atoms with Crippen molar-refractivity contribution in [1.82, 2.24) is 0 Å². The van der Waals surface area contributed by atoms with Crippen LogP contribution in [0.1, 0.15) is 27.0 Å². The summed E-state index contributed by atoms with van der Waals surface area (Å²) in [7, 11) is 0. The van der Waals surface area contributed by atoms with Crippen molar-refractivity contribution in [3.63, 3.8) is 0 Å². The van der Waals surface area contributed by atoms with E-state index < -0.39 is 6.10 Å².